The zero-order valence-electron chi connectivity index (χ0n) is 15.1. The molecule has 0 bridgehead atoms. The maximum absolute atomic E-state index is 7.00. The van der Waals surface area contributed by atoms with Crippen LogP contribution in [0.4, 0.5) is 0 Å². The van der Waals surface area contributed by atoms with E-state index in [0.717, 1.165) is 12.8 Å². The molecule has 0 saturated heterocycles. The van der Waals surface area contributed by atoms with Gasteiger partial charge in [-0.05, 0) is 24.5 Å². The van der Waals surface area contributed by atoms with Gasteiger partial charge in [-0.25, -0.2) is 0 Å². The van der Waals surface area contributed by atoms with Crippen molar-refractivity contribution in [1.82, 2.24) is 0 Å². The predicted molar refractivity (Wildman–Crippen MR) is 100 cm³/mol. The molecule has 0 radical (unpaired) electrons. The van der Waals surface area contributed by atoms with Gasteiger partial charge in [-0.3, -0.25) is 0 Å². The SMILES string of the molecule is CCC(Cl)C(CC(C)[NH+](C)C)(c1ccccc1)c1ccccc1.[Cl-]. The van der Waals surface area contributed by atoms with Gasteiger partial charge < -0.3 is 17.3 Å². The highest BCUT2D eigenvalue weighted by Gasteiger charge is 2.42. The van der Waals surface area contributed by atoms with Crippen molar-refractivity contribution in [2.45, 2.75) is 43.5 Å². The second kappa shape index (κ2) is 9.46. The number of benzene rings is 2. The molecule has 0 aliphatic carbocycles. The minimum atomic E-state index is -0.157. The Labute approximate surface area is 158 Å². The fraction of sp³-hybridized carbons (Fsp3) is 0.429. The molecule has 132 valence electrons. The van der Waals surface area contributed by atoms with E-state index in [-0.39, 0.29) is 23.2 Å². The van der Waals surface area contributed by atoms with Crippen molar-refractivity contribution in [3.05, 3.63) is 71.8 Å². The number of nitrogens with one attached hydrogen (secondary N) is 1. The van der Waals surface area contributed by atoms with Crippen molar-refractivity contribution in [3.8, 4) is 0 Å². The van der Waals surface area contributed by atoms with Gasteiger partial charge in [0.2, 0.25) is 0 Å². The van der Waals surface area contributed by atoms with E-state index in [9.17, 15) is 0 Å². The maximum Gasteiger partial charge on any atom is 0.0854 e. The molecule has 0 amide bonds. The van der Waals surface area contributed by atoms with Crippen molar-refractivity contribution in [2.24, 2.45) is 0 Å². The second-order valence-electron chi connectivity index (χ2n) is 6.76. The van der Waals surface area contributed by atoms with E-state index in [1.54, 1.807) is 0 Å². The third kappa shape index (κ3) is 4.33. The summed E-state index contributed by atoms with van der Waals surface area (Å²) in [7, 11) is 4.45. The van der Waals surface area contributed by atoms with Gasteiger partial charge in [-0.1, -0.05) is 67.6 Å². The number of rotatable bonds is 7. The summed E-state index contributed by atoms with van der Waals surface area (Å²) in [5.74, 6) is 0. The molecule has 1 N–H and O–H groups in total. The molecule has 0 saturated carbocycles. The van der Waals surface area contributed by atoms with E-state index in [4.69, 9.17) is 11.6 Å². The Morgan fingerprint density at radius 2 is 1.33 bits per heavy atom. The Kier molecular flexibility index (Phi) is 8.29. The molecule has 1 nitrogen and oxygen atoms in total. The molecule has 2 aromatic carbocycles. The first-order valence-corrected chi connectivity index (χ1v) is 9.01. The Hall–Kier alpha value is -1.02. The summed E-state index contributed by atoms with van der Waals surface area (Å²) in [6.07, 6.45) is 1.98. The van der Waals surface area contributed by atoms with E-state index in [2.05, 4.69) is 88.6 Å². The molecular weight excluding hydrogens is 337 g/mol. The van der Waals surface area contributed by atoms with Crippen LogP contribution in [0.25, 0.3) is 0 Å². The van der Waals surface area contributed by atoms with Crippen LogP contribution in [0.2, 0.25) is 0 Å². The number of hydrogen-bond donors (Lipinski definition) is 1. The summed E-state index contributed by atoms with van der Waals surface area (Å²) < 4.78 is 0. The number of quaternary nitrogens is 1. The standard InChI is InChI=1S/C21H28ClN.ClH/c1-5-20(22)21(16-17(2)23(3)4,18-12-8-6-9-13-18)19-14-10-7-11-15-19;/h6-15,17,20H,5,16H2,1-4H3;1H. The van der Waals surface area contributed by atoms with Gasteiger partial charge in [0, 0.05) is 17.2 Å². The average molecular weight is 366 g/mol. The Balaban J connectivity index is 0.00000288. The van der Waals surface area contributed by atoms with Gasteiger partial charge in [0.05, 0.1) is 20.1 Å². The van der Waals surface area contributed by atoms with Gasteiger partial charge in [0.25, 0.3) is 0 Å². The van der Waals surface area contributed by atoms with E-state index >= 15 is 0 Å². The molecule has 0 aliphatic rings. The summed E-state index contributed by atoms with van der Waals surface area (Å²) in [4.78, 5) is 1.46. The molecule has 0 aromatic heterocycles. The monoisotopic (exact) mass is 365 g/mol. The van der Waals surface area contributed by atoms with Crippen LogP contribution >= 0.6 is 11.6 Å². The van der Waals surface area contributed by atoms with E-state index in [1.807, 2.05) is 0 Å². The second-order valence-corrected chi connectivity index (χ2v) is 7.29. The number of alkyl halides is 1. The molecule has 2 atom stereocenters. The van der Waals surface area contributed by atoms with Crippen molar-refractivity contribution >= 4 is 11.6 Å². The summed E-state index contributed by atoms with van der Waals surface area (Å²) >= 11 is 7.00. The van der Waals surface area contributed by atoms with Gasteiger partial charge >= 0.3 is 0 Å². The average Bonchev–Trinajstić information content (AvgIpc) is 2.60. The fourth-order valence-corrected chi connectivity index (χ4v) is 3.74. The Bertz CT molecular complexity index is 544. The van der Waals surface area contributed by atoms with Crippen molar-refractivity contribution in [1.29, 1.82) is 0 Å². The number of halogens is 2. The van der Waals surface area contributed by atoms with Crippen LogP contribution < -0.4 is 17.3 Å². The van der Waals surface area contributed by atoms with Gasteiger partial charge in [-0.15, -0.1) is 11.6 Å². The lowest BCUT2D eigenvalue weighted by atomic mass is 9.67. The van der Waals surface area contributed by atoms with Crippen LogP contribution in [-0.2, 0) is 5.41 Å². The molecule has 0 spiro atoms. The molecule has 0 heterocycles. The predicted octanol–water partition coefficient (Wildman–Crippen LogP) is 0.917. The zero-order valence-corrected chi connectivity index (χ0v) is 16.6. The Morgan fingerprint density at radius 3 is 1.67 bits per heavy atom. The normalized spacial score (nSPS) is 14.1. The van der Waals surface area contributed by atoms with E-state index < -0.39 is 0 Å². The minimum absolute atomic E-state index is 0. The number of hydrogen-bond acceptors (Lipinski definition) is 0. The van der Waals surface area contributed by atoms with E-state index in [0.29, 0.717) is 6.04 Å². The molecule has 0 fully saturated rings. The van der Waals surface area contributed by atoms with Crippen LogP contribution in [0.5, 0.6) is 0 Å². The van der Waals surface area contributed by atoms with Crippen LogP contribution in [0.3, 0.4) is 0 Å². The summed E-state index contributed by atoms with van der Waals surface area (Å²) in [5.41, 5.74) is 2.48. The van der Waals surface area contributed by atoms with Gasteiger partial charge in [0.15, 0.2) is 0 Å². The van der Waals surface area contributed by atoms with Crippen molar-refractivity contribution < 1.29 is 17.3 Å². The first kappa shape index (κ1) is 21.0. The third-order valence-electron chi connectivity index (χ3n) is 5.08. The molecule has 2 aromatic rings. The zero-order chi connectivity index (χ0) is 16.9. The van der Waals surface area contributed by atoms with Crippen LogP contribution in [0, 0.1) is 0 Å². The van der Waals surface area contributed by atoms with Crippen molar-refractivity contribution in [2.75, 3.05) is 14.1 Å². The molecule has 0 aliphatic heterocycles. The Morgan fingerprint density at radius 1 is 0.917 bits per heavy atom. The van der Waals surface area contributed by atoms with E-state index in [1.165, 1.54) is 16.0 Å². The van der Waals surface area contributed by atoms with Crippen molar-refractivity contribution in [3.63, 3.8) is 0 Å². The maximum atomic E-state index is 7.00. The lowest BCUT2D eigenvalue weighted by molar-refractivity contribution is -0.884. The summed E-state index contributed by atoms with van der Waals surface area (Å²) in [5, 5.41) is 0.0640. The summed E-state index contributed by atoms with van der Waals surface area (Å²) in [6, 6.07) is 22.1. The largest absolute Gasteiger partial charge is 1.00 e. The third-order valence-corrected chi connectivity index (χ3v) is 5.77. The van der Waals surface area contributed by atoms with Gasteiger partial charge in [0.1, 0.15) is 0 Å². The van der Waals surface area contributed by atoms with Crippen LogP contribution in [-0.4, -0.2) is 25.5 Å². The smallest absolute Gasteiger partial charge is 0.0854 e. The summed E-state index contributed by atoms with van der Waals surface area (Å²) in [6.45, 7) is 4.50. The molecular formula is C21H29Cl2N. The molecule has 2 rings (SSSR count). The first-order chi connectivity index (χ1) is 11.0. The molecule has 24 heavy (non-hydrogen) atoms. The lowest BCUT2D eigenvalue weighted by Crippen LogP contribution is -3.09. The van der Waals surface area contributed by atoms with Gasteiger partial charge in [-0.2, -0.15) is 0 Å². The minimum Gasteiger partial charge on any atom is -1.00 e. The lowest BCUT2D eigenvalue weighted by Gasteiger charge is -2.41. The first-order valence-electron chi connectivity index (χ1n) is 8.57. The highest BCUT2D eigenvalue weighted by Crippen LogP contribution is 2.43. The van der Waals surface area contributed by atoms with Crippen LogP contribution in [0.1, 0.15) is 37.8 Å². The molecule has 3 heteroatoms. The molecule has 2 unspecified atom stereocenters. The highest BCUT2D eigenvalue weighted by molar-refractivity contribution is 6.21. The topological polar surface area (TPSA) is 4.44 Å². The highest BCUT2D eigenvalue weighted by atomic mass is 35.5. The fourth-order valence-electron chi connectivity index (χ4n) is 3.40. The quantitative estimate of drug-likeness (QED) is 0.695. The van der Waals surface area contributed by atoms with Crippen LogP contribution in [0.15, 0.2) is 60.7 Å².